The summed E-state index contributed by atoms with van der Waals surface area (Å²) in [5.41, 5.74) is 4.63. The number of morpholine rings is 1. The largest absolute Gasteiger partial charge is 0.371 e. The van der Waals surface area contributed by atoms with Crippen molar-refractivity contribution < 1.29 is 9.53 Å². The van der Waals surface area contributed by atoms with Crippen LogP contribution in [0, 0.1) is 0 Å². The average molecular weight is 326 g/mol. The van der Waals surface area contributed by atoms with Crippen molar-refractivity contribution in [3.05, 3.63) is 46.8 Å². The van der Waals surface area contributed by atoms with Crippen molar-refractivity contribution in [1.82, 2.24) is 15.5 Å². The van der Waals surface area contributed by atoms with Crippen molar-refractivity contribution in [3.8, 4) is 0 Å². The standard InChI is InChI=1S/C18H22N4O2/c23-18(17-14-3-1-2-4-15(14)21-22-17)20-13-7-5-12(6-8-13)16-11-19-9-10-24-16/h5-8,16,19H,1-4,9-11H2,(H,20,23)(H,21,22)/t16-/m1/s1. The molecular weight excluding hydrogens is 304 g/mol. The first-order valence-corrected chi connectivity index (χ1v) is 8.61. The second-order valence-corrected chi connectivity index (χ2v) is 6.38. The first kappa shape index (κ1) is 15.4. The number of amides is 1. The molecule has 1 aliphatic heterocycles. The number of benzene rings is 1. The van der Waals surface area contributed by atoms with Crippen LogP contribution < -0.4 is 10.6 Å². The predicted molar refractivity (Wildman–Crippen MR) is 91.2 cm³/mol. The molecule has 1 aromatic carbocycles. The van der Waals surface area contributed by atoms with E-state index < -0.39 is 0 Å². The van der Waals surface area contributed by atoms with Gasteiger partial charge in [0.05, 0.1) is 12.7 Å². The molecule has 0 spiro atoms. The number of hydrogen-bond donors (Lipinski definition) is 3. The molecule has 6 heteroatoms. The molecule has 24 heavy (non-hydrogen) atoms. The molecule has 0 bridgehead atoms. The van der Waals surface area contributed by atoms with Crippen LogP contribution in [-0.2, 0) is 17.6 Å². The Kier molecular flexibility index (Phi) is 4.32. The number of fused-ring (bicyclic) bond motifs is 1. The summed E-state index contributed by atoms with van der Waals surface area (Å²) in [7, 11) is 0. The Morgan fingerprint density at radius 1 is 1.21 bits per heavy atom. The molecule has 1 saturated heterocycles. The van der Waals surface area contributed by atoms with Gasteiger partial charge in [0.1, 0.15) is 0 Å². The number of anilines is 1. The number of carbonyl (C=O) groups is 1. The Morgan fingerprint density at radius 2 is 2.04 bits per heavy atom. The van der Waals surface area contributed by atoms with Crippen LogP contribution in [0.4, 0.5) is 5.69 Å². The highest BCUT2D eigenvalue weighted by atomic mass is 16.5. The van der Waals surface area contributed by atoms with E-state index in [0.29, 0.717) is 5.69 Å². The monoisotopic (exact) mass is 326 g/mol. The first-order chi connectivity index (χ1) is 11.8. The second kappa shape index (κ2) is 6.75. The zero-order valence-electron chi connectivity index (χ0n) is 13.6. The highest BCUT2D eigenvalue weighted by Crippen LogP contribution is 2.24. The molecule has 1 aliphatic carbocycles. The van der Waals surface area contributed by atoms with E-state index in [1.807, 2.05) is 24.3 Å². The lowest BCUT2D eigenvalue weighted by Crippen LogP contribution is -2.33. The normalized spacial score (nSPS) is 20.4. The number of nitrogens with one attached hydrogen (secondary N) is 3. The van der Waals surface area contributed by atoms with Gasteiger partial charge in [0, 0.05) is 30.0 Å². The van der Waals surface area contributed by atoms with Crippen molar-refractivity contribution >= 4 is 11.6 Å². The van der Waals surface area contributed by atoms with Crippen molar-refractivity contribution in [2.45, 2.75) is 31.8 Å². The summed E-state index contributed by atoms with van der Waals surface area (Å²) in [4.78, 5) is 12.5. The molecule has 4 rings (SSSR count). The molecule has 0 unspecified atom stereocenters. The molecule has 1 atom stereocenters. The third-order valence-electron chi connectivity index (χ3n) is 4.74. The minimum Gasteiger partial charge on any atom is -0.371 e. The lowest BCUT2D eigenvalue weighted by Gasteiger charge is -2.24. The number of H-pyrrole nitrogens is 1. The van der Waals surface area contributed by atoms with E-state index in [1.54, 1.807) is 0 Å². The van der Waals surface area contributed by atoms with Gasteiger partial charge in [-0.3, -0.25) is 9.89 Å². The number of hydrogen-bond acceptors (Lipinski definition) is 4. The minimum absolute atomic E-state index is 0.0851. The van der Waals surface area contributed by atoms with Crippen LogP contribution in [0.5, 0.6) is 0 Å². The highest BCUT2D eigenvalue weighted by molar-refractivity contribution is 6.04. The number of ether oxygens (including phenoxy) is 1. The number of carbonyl (C=O) groups excluding carboxylic acids is 1. The van der Waals surface area contributed by atoms with E-state index in [4.69, 9.17) is 4.74 Å². The van der Waals surface area contributed by atoms with Gasteiger partial charge in [0.2, 0.25) is 0 Å². The Labute approximate surface area is 141 Å². The van der Waals surface area contributed by atoms with E-state index in [0.717, 1.165) is 67.9 Å². The summed E-state index contributed by atoms with van der Waals surface area (Å²) in [5, 5.41) is 13.5. The van der Waals surface area contributed by atoms with Crippen LogP contribution in [0.1, 0.15) is 46.3 Å². The van der Waals surface area contributed by atoms with Crippen molar-refractivity contribution in [1.29, 1.82) is 0 Å². The number of aromatic amines is 1. The summed E-state index contributed by atoms with van der Waals surface area (Å²) >= 11 is 0. The van der Waals surface area contributed by atoms with Gasteiger partial charge in [-0.1, -0.05) is 12.1 Å². The summed E-state index contributed by atoms with van der Waals surface area (Å²) < 4.78 is 5.74. The lowest BCUT2D eigenvalue weighted by atomic mass is 9.96. The van der Waals surface area contributed by atoms with E-state index >= 15 is 0 Å². The molecule has 6 nitrogen and oxygen atoms in total. The quantitative estimate of drug-likeness (QED) is 0.808. The lowest BCUT2D eigenvalue weighted by molar-refractivity contribution is 0.0277. The fourth-order valence-electron chi connectivity index (χ4n) is 3.42. The summed E-state index contributed by atoms with van der Waals surface area (Å²) in [6, 6.07) is 7.86. The molecule has 2 aromatic rings. The SMILES string of the molecule is O=C(Nc1ccc([C@H]2CNCCO2)cc1)c1n[nH]c2c1CCCC2. The van der Waals surface area contributed by atoms with Gasteiger partial charge in [-0.25, -0.2) is 0 Å². The van der Waals surface area contributed by atoms with Gasteiger partial charge in [-0.05, 0) is 43.4 Å². The zero-order chi connectivity index (χ0) is 16.4. The van der Waals surface area contributed by atoms with Gasteiger partial charge in [0.25, 0.3) is 5.91 Å². The predicted octanol–water partition coefficient (Wildman–Crippen LogP) is 2.20. The third-order valence-corrected chi connectivity index (χ3v) is 4.74. The molecule has 3 N–H and O–H groups in total. The molecule has 1 fully saturated rings. The smallest absolute Gasteiger partial charge is 0.276 e. The average Bonchev–Trinajstić information content (AvgIpc) is 3.07. The van der Waals surface area contributed by atoms with Gasteiger partial charge < -0.3 is 15.4 Å². The number of aryl methyl sites for hydroxylation is 1. The van der Waals surface area contributed by atoms with Gasteiger partial charge in [-0.15, -0.1) is 0 Å². The summed E-state index contributed by atoms with van der Waals surface area (Å²) in [5.74, 6) is -0.141. The Bertz CT molecular complexity index is 717. The maximum atomic E-state index is 12.5. The van der Waals surface area contributed by atoms with Gasteiger partial charge in [-0.2, -0.15) is 5.10 Å². The van der Waals surface area contributed by atoms with Crippen LogP contribution in [0.3, 0.4) is 0 Å². The number of rotatable bonds is 3. The Morgan fingerprint density at radius 3 is 2.83 bits per heavy atom. The molecule has 2 aliphatic rings. The van der Waals surface area contributed by atoms with Crippen LogP contribution >= 0.6 is 0 Å². The van der Waals surface area contributed by atoms with Crippen molar-refractivity contribution in [3.63, 3.8) is 0 Å². The topological polar surface area (TPSA) is 79.0 Å². The summed E-state index contributed by atoms with van der Waals surface area (Å²) in [6.45, 7) is 2.46. The number of aromatic nitrogens is 2. The van der Waals surface area contributed by atoms with E-state index in [2.05, 4.69) is 20.8 Å². The zero-order valence-corrected chi connectivity index (χ0v) is 13.6. The van der Waals surface area contributed by atoms with E-state index in [-0.39, 0.29) is 12.0 Å². The van der Waals surface area contributed by atoms with E-state index in [1.165, 1.54) is 0 Å². The van der Waals surface area contributed by atoms with Crippen molar-refractivity contribution in [2.24, 2.45) is 0 Å². The van der Waals surface area contributed by atoms with Crippen LogP contribution in [0.15, 0.2) is 24.3 Å². The molecule has 2 heterocycles. The van der Waals surface area contributed by atoms with Crippen LogP contribution in [0.25, 0.3) is 0 Å². The number of nitrogens with zero attached hydrogens (tertiary/aromatic N) is 1. The third kappa shape index (κ3) is 3.07. The van der Waals surface area contributed by atoms with Crippen LogP contribution in [0.2, 0.25) is 0 Å². The summed E-state index contributed by atoms with van der Waals surface area (Å²) in [6.07, 6.45) is 4.29. The molecular formula is C18H22N4O2. The molecule has 1 amide bonds. The molecule has 0 radical (unpaired) electrons. The first-order valence-electron chi connectivity index (χ1n) is 8.61. The second-order valence-electron chi connectivity index (χ2n) is 6.38. The Hall–Kier alpha value is -2.18. The maximum Gasteiger partial charge on any atom is 0.276 e. The van der Waals surface area contributed by atoms with Crippen LogP contribution in [-0.4, -0.2) is 35.8 Å². The Balaban J connectivity index is 1.45. The van der Waals surface area contributed by atoms with Gasteiger partial charge in [0.15, 0.2) is 5.69 Å². The van der Waals surface area contributed by atoms with Crippen molar-refractivity contribution in [2.75, 3.05) is 25.0 Å². The highest BCUT2D eigenvalue weighted by Gasteiger charge is 2.22. The fourth-order valence-corrected chi connectivity index (χ4v) is 3.42. The minimum atomic E-state index is -0.141. The van der Waals surface area contributed by atoms with E-state index in [9.17, 15) is 4.79 Å². The molecule has 1 aromatic heterocycles. The van der Waals surface area contributed by atoms with Gasteiger partial charge >= 0.3 is 0 Å². The molecule has 0 saturated carbocycles. The fraction of sp³-hybridized carbons (Fsp3) is 0.444. The molecule has 126 valence electrons. The maximum absolute atomic E-state index is 12.5.